The first kappa shape index (κ1) is 22.2. The van der Waals surface area contributed by atoms with Gasteiger partial charge in [-0.2, -0.15) is 8.78 Å². The first-order valence-corrected chi connectivity index (χ1v) is 12.3. The van der Waals surface area contributed by atoms with Crippen LogP contribution >= 0.6 is 35.3 Å². The average Bonchev–Trinajstić information content (AvgIpc) is 2.69. The number of fused-ring (bicyclic) bond motifs is 1. The number of nitrogens with zero attached hydrogens (tertiary/aromatic N) is 1. The summed E-state index contributed by atoms with van der Waals surface area (Å²) in [6.07, 6.45) is -0.700. The monoisotopic (exact) mass is 501 g/mol. The molecule has 1 aromatic heterocycles. The van der Waals surface area contributed by atoms with Gasteiger partial charge in [0.15, 0.2) is 0 Å². The second-order valence-electron chi connectivity index (χ2n) is 6.35. The van der Waals surface area contributed by atoms with E-state index in [1.807, 2.05) is 30.3 Å². The smallest absolute Gasteiger partial charge is 0.420 e. The van der Waals surface area contributed by atoms with Crippen LogP contribution in [0.4, 0.5) is 8.78 Å². The van der Waals surface area contributed by atoms with E-state index in [0.29, 0.717) is 4.47 Å². The summed E-state index contributed by atoms with van der Waals surface area (Å²) in [4.78, 5) is 13.8. The molecule has 1 atom stereocenters. The van der Waals surface area contributed by atoms with Crippen molar-refractivity contribution in [1.29, 1.82) is 0 Å². The highest BCUT2D eigenvalue weighted by molar-refractivity contribution is 9.10. The van der Waals surface area contributed by atoms with Crippen LogP contribution in [-0.2, 0) is 11.0 Å². The number of hydrogen-bond donors (Lipinski definition) is 1. The number of thioether (sulfide) groups is 1. The molecule has 3 rings (SSSR count). The van der Waals surface area contributed by atoms with Gasteiger partial charge in [0.05, 0.1) is 15.0 Å². The molecule has 154 valence electrons. The summed E-state index contributed by atoms with van der Waals surface area (Å²) in [6, 6.07) is 17.0. The third kappa shape index (κ3) is 6.25. The SMILES string of the molecule is O=P(O)(Oc1ccc(CCCCSc2ccc3ccccc3n2)cc1Br)C(F)F. The third-order valence-electron chi connectivity index (χ3n) is 4.15. The number of halogens is 3. The Bertz CT molecular complexity index is 1040. The summed E-state index contributed by atoms with van der Waals surface area (Å²) in [6.45, 7) is 0. The average molecular weight is 502 g/mol. The predicted molar refractivity (Wildman–Crippen MR) is 116 cm³/mol. The minimum absolute atomic E-state index is 0.0715. The Morgan fingerprint density at radius 1 is 1.14 bits per heavy atom. The molecule has 2 aromatic carbocycles. The molecule has 0 amide bonds. The molecule has 0 aliphatic carbocycles. The lowest BCUT2D eigenvalue weighted by molar-refractivity contribution is 0.188. The number of para-hydroxylation sites is 1. The van der Waals surface area contributed by atoms with Crippen molar-refractivity contribution >= 4 is 46.2 Å². The van der Waals surface area contributed by atoms with E-state index in [2.05, 4.69) is 31.5 Å². The summed E-state index contributed by atoms with van der Waals surface area (Å²) in [5.41, 5.74) is 1.98. The largest absolute Gasteiger partial charge is 0.442 e. The quantitative estimate of drug-likeness (QED) is 0.196. The summed E-state index contributed by atoms with van der Waals surface area (Å²) in [7, 11) is -4.98. The zero-order valence-corrected chi connectivity index (χ0v) is 18.6. The second-order valence-corrected chi connectivity index (χ2v) is 10.0. The molecule has 1 heterocycles. The number of hydrogen-bond acceptors (Lipinski definition) is 4. The predicted octanol–water partition coefficient (Wildman–Crippen LogP) is 6.90. The van der Waals surface area contributed by atoms with E-state index in [-0.39, 0.29) is 5.75 Å². The first-order chi connectivity index (χ1) is 13.8. The Morgan fingerprint density at radius 3 is 2.69 bits per heavy atom. The van der Waals surface area contributed by atoms with E-state index >= 15 is 0 Å². The Hall–Kier alpha value is -1.47. The molecule has 0 bridgehead atoms. The van der Waals surface area contributed by atoms with E-state index in [9.17, 15) is 13.3 Å². The van der Waals surface area contributed by atoms with E-state index in [4.69, 9.17) is 4.89 Å². The fourth-order valence-electron chi connectivity index (χ4n) is 2.69. The molecule has 9 heteroatoms. The van der Waals surface area contributed by atoms with Gasteiger partial charge in [0.25, 0.3) is 0 Å². The van der Waals surface area contributed by atoms with E-state index in [1.165, 1.54) is 6.07 Å². The molecule has 1 N–H and O–H groups in total. The van der Waals surface area contributed by atoms with Crippen LogP contribution in [0.25, 0.3) is 10.9 Å². The molecule has 0 aliphatic heterocycles. The van der Waals surface area contributed by atoms with Gasteiger partial charge in [-0.1, -0.05) is 30.3 Å². The number of benzene rings is 2. The van der Waals surface area contributed by atoms with Gasteiger partial charge in [-0.15, -0.1) is 11.8 Å². The molecule has 0 saturated carbocycles. The van der Waals surface area contributed by atoms with Crippen molar-refractivity contribution in [2.75, 3.05) is 5.75 Å². The van der Waals surface area contributed by atoms with Gasteiger partial charge in [-0.05, 0) is 70.8 Å². The van der Waals surface area contributed by atoms with Gasteiger partial charge in [-0.25, -0.2) is 9.55 Å². The highest BCUT2D eigenvalue weighted by Crippen LogP contribution is 2.50. The number of aryl methyl sites for hydroxylation is 1. The fourth-order valence-corrected chi connectivity index (χ4v) is 4.73. The van der Waals surface area contributed by atoms with Crippen LogP contribution < -0.4 is 4.52 Å². The molecule has 0 spiro atoms. The van der Waals surface area contributed by atoms with Crippen molar-refractivity contribution in [2.45, 2.75) is 30.5 Å². The van der Waals surface area contributed by atoms with Crippen molar-refractivity contribution in [3.63, 3.8) is 0 Å². The van der Waals surface area contributed by atoms with Gasteiger partial charge in [-0.3, -0.25) is 0 Å². The minimum atomic E-state index is -4.98. The Balaban J connectivity index is 1.46. The van der Waals surface area contributed by atoms with Crippen molar-refractivity contribution in [3.8, 4) is 5.75 Å². The lowest BCUT2D eigenvalue weighted by Gasteiger charge is -2.14. The first-order valence-electron chi connectivity index (χ1n) is 8.92. The molecule has 3 aromatic rings. The minimum Gasteiger partial charge on any atom is -0.420 e. The molecule has 0 radical (unpaired) electrons. The molecule has 0 fully saturated rings. The number of unbranched alkanes of at least 4 members (excludes halogenated alkanes) is 1. The summed E-state index contributed by atoms with van der Waals surface area (Å²) >= 11 is 4.92. The summed E-state index contributed by atoms with van der Waals surface area (Å²) < 4.78 is 41.2. The lowest BCUT2D eigenvalue weighted by Crippen LogP contribution is -2.01. The van der Waals surface area contributed by atoms with Crippen molar-refractivity contribution < 1.29 is 22.8 Å². The van der Waals surface area contributed by atoms with Crippen LogP contribution in [0.1, 0.15) is 18.4 Å². The Morgan fingerprint density at radius 2 is 1.93 bits per heavy atom. The maximum absolute atomic E-state index is 12.5. The van der Waals surface area contributed by atoms with E-state index in [1.54, 1.807) is 23.9 Å². The zero-order valence-electron chi connectivity index (χ0n) is 15.3. The highest BCUT2D eigenvalue weighted by atomic mass is 79.9. The topological polar surface area (TPSA) is 59.4 Å². The number of aromatic nitrogens is 1. The van der Waals surface area contributed by atoms with Gasteiger partial charge in [0, 0.05) is 5.39 Å². The van der Waals surface area contributed by atoms with Crippen LogP contribution in [0.3, 0.4) is 0 Å². The molecule has 29 heavy (non-hydrogen) atoms. The summed E-state index contributed by atoms with van der Waals surface area (Å²) in [5, 5.41) is 2.13. The molecule has 0 saturated heterocycles. The van der Waals surface area contributed by atoms with Crippen molar-refractivity contribution in [1.82, 2.24) is 4.98 Å². The number of pyridine rings is 1. The van der Waals surface area contributed by atoms with Crippen LogP contribution in [0.2, 0.25) is 0 Å². The second kappa shape index (κ2) is 10.0. The molecule has 1 unspecified atom stereocenters. The standard InChI is InChI=1S/C20H19BrF2NO3PS/c21-16-13-14(8-10-18(16)27-28(25,26)20(22)23)5-3-4-12-29-19-11-9-15-6-1-2-7-17(15)24-19/h1-2,6-11,13,20H,3-5,12H2,(H,25,26). The van der Waals surface area contributed by atoms with E-state index < -0.39 is 13.8 Å². The van der Waals surface area contributed by atoms with Gasteiger partial charge in [0.2, 0.25) is 0 Å². The van der Waals surface area contributed by atoms with E-state index in [0.717, 1.165) is 46.5 Å². The van der Waals surface area contributed by atoms with Crippen molar-refractivity contribution in [3.05, 3.63) is 64.6 Å². The molecule has 0 aliphatic rings. The van der Waals surface area contributed by atoms with Gasteiger partial charge in [0.1, 0.15) is 5.75 Å². The van der Waals surface area contributed by atoms with Crippen LogP contribution in [0.15, 0.2) is 64.1 Å². The van der Waals surface area contributed by atoms with Gasteiger partial charge < -0.3 is 9.42 Å². The highest BCUT2D eigenvalue weighted by Gasteiger charge is 2.34. The molecule has 4 nitrogen and oxygen atoms in total. The van der Waals surface area contributed by atoms with Crippen LogP contribution in [0.5, 0.6) is 5.75 Å². The fraction of sp³-hybridized carbons (Fsp3) is 0.250. The molecular weight excluding hydrogens is 483 g/mol. The Labute approximate surface area is 180 Å². The third-order valence-corrected chi connectivity index (χ3v) is 6.74. The summed E-state index contributed by atoms with van der Waals surface area (Å²) in [5.74, 6) is 0.869. The lowest BCUT2D eigenvalue weighted by atomic mass is 10.1. The molecular formula is C20H19BrF2NO3PS. The van der Waals surface area contributed by atoms with Crippen LogP contribution in [-0.4, -0.2) is 21.8 Å². The van der Waals surface area contributed by atoms with Crippen LogP contribution in [0, 0.1) is 0 Å². The Kier molecular flexibility index (Phi) is 7.68. The number of rotatable bonds is 9. The number of alkyl halides is 2. The maximum Gasteiger partial charge on any atom is 0.442 e. The normalized spacial score (nSPS) is 13.6. The maximum atomic E-state index is 12.5. The zero-order chi connectivity index (χ0) is 20.9. The van der Waals surface area contributed by atoms with Crippen molar-refractivity contribution in [2.24, 2.45) is 0 Å². The van der Waals surface area contributed by atoms with Gasteiger partial charge >= 0.3 is 13.8 Å².